The Balaban J connectivity index is 1.62. The van der Waals surface area contributed by atoms with Gasteiger partial charge in [0.25, 0.3) is 5.91 Å². The maximum absolute atomic E-state index is 13.3. The maximum atomic E-state index is 13.3. The van der Waals surface area contributed by atoms with E-state index >= 15 is 0 Å². The number of thiazole rings is 1. The number of amides is 1. The lowest BCUT2D eigenvalue weighted by Crippen LogP contribution is -2.37. The van der Waals surface area contributed by atoms with Crippen LogP contribution in [-0.4, -0.2) is 37.3 Å². The molecule has 150 valence electrons. The average Bonchev–Trinajstić information content (AvgIpc) is 3.44. The summed E-state index contributed by atoms with van der Waals surface area (Å²) in [6.45, 7) is 3.29. The molecule has 1 saturated heterocycles. The average molecular weight is 409 g/mol. The Kier molecular flexibility index (Phi) is 5.92. The normalized spacial score (nSPS) is 16.0. The van der Waals surface area contributed by atoms with Crippen LogP contribution in [-0.2, 0) is 4.74 Å². The van der Waals surface area contributed by atoms with Crippen LogP contribution >= 0.6 is 11.3 Å². The zero-order chi connectivity index (χ0) is 20.2. The van der Waals surface area contributed by atoms with E-state index in [-0.39, 0.29) is 12.0 Å². The highest BCUT2D eigenvalue weighted by molar-refractivity contribution is 7.14. The Morgan fingerprint density at radius 1 is 1.21 bits per heavy atom. The molecule has 1 atom stereocenters. The predicted octanol–water partition coefficient (Wildman–Crippen LogP) is 4.95. The molecule has 2 aromatic carbocycles. The molecule has 0 bridgehead atoms. The van der Waals surface area contributed by atoms with Gasteiger partial charge < -0.3 is 9.47 Å². The number of aryl methyl sites for hydroxylation is 1. The molecule has 29 heavy (non-hydrogen) atoms. The number of carbonyl (C=O) groups excluding carboxylic acids is 1. The molecule has 5 nitrogen and oxygen atoms in total. The summed E-state index contributed by atoms with van der Waals surface area (Å²) in [6, 6.07) is 15.4. The van der Waals surface area contributed by atoms with Crippen molar-refractivity contribution in [3.8, 4) is 17.0 Å². The zero-order valence-corrected chi connectivity index (χ0v) is 17.4. The minimum atomic E-state index is -0.0452. The van der Waals surface area contributed by atoms with E-state index in [0.29, 0.717) is 17.2 Å². The minimum Gasteiger partial charge on any atom is -0.497 e. The van der Waals surface area contributed by atoms with Gasteiger partial charge in [0.1, 0.15) is 5.75 Å². The van der Waals surface area contributed by atoms with Gasteiger partial charge in [0.2, 0.25) is 0 Å². The minimum absolute atomic E-state index is 0.0452. The number of benzene rings is 2. The second-order valence-electron chi connectivity index (χ2n) is 7.16. The van der Waals surface area contributed by atoms with Gasteiger partial charge >= 0.3 is 0 Å². The number of hydrogen-bond donors (Lipinski definition) is 0. The van der Waals surface area contributed by atoms with Crippen molar-refractivity contribution in [3.63, 3.8) is 0 Å². The molecule has 3 aromatic rings. The fourth-order valence-electron chi connectivity index (χ4n) is 3.37. The van der Waals surface area contributed by atoms with Crippen LogP contribution in [0.3, 0.4) is 0 Å². The van der Waals surface area contributed by atoms with Gasteiger partial charge in [-0.05, 0) is 56.2 Å². The van der Waals surface area contributed by atoms with Gasteiger partial charge in [-0.15, -0.1) is 11.3 Å². The van der Waals surface area contributed by atoms with Crippen molar-refractivity contribution in [3.05, 3.63) is 65.0 Å². The lowest BCUT2D eigenvalue weighted by Gasteiger charge is -2.23. The molecule has 0 spiro atoms. The molecular weight excluding hydrogens is 384 g/mol. The van der Waals surface area contributed by atoms with Crippen molar-refractivity contribution in [2.45, 2.75) is 25.9 Å². The van der Waals surface area contributed by atoms with Crippen LogP contribution in [0.25, 0.3) is 11.3 Å². The summed E-state index contributed by atoms with van der Waals surface area (Å²) in [5.41, 5.74) is 3.63. The molecule has 0 N–H and O–H groups in total. The van der Waals surface area contributed by atoms with Gasteiger partial charge in [-0.3, -0.25) is 9.69 Å². The van der Waals surface area contributed by atoms with Crippen molar-refractivity contribution < 1.29 is 14.3 Å². The highest BCUT2D eigenvalue weighted by Crippen LogP contribution is 2.30. The molecule has 0 unspecified atom stereocenters. The lowest BCUT2D eigenvalue weighted by molar-refractivity contribution is 0.0917. The Morgan fingerprint density at radius 2 is 1.97 bits per heavy atom. The van der Waals surface area contributed by atoms with E-state index < -0.39 is 0 Å². The Labute approximate surface area is 174 Å². The first-order valence-electron chi connectivity index (χ1n) is 9.74. The number of anilines is 1. The smallest absolute Gasteiger partial charge is 0.260 e. The summed E-state index contributed by atoms with van der Waals surface area (Å²) in [5.74, 6) is 0.759. The van der Waals surface area contributed by atoms with Crippen LogP contribution in [0.2, 0.25) is 0 Å². The molecular formula is C23H24N2O3S. The van der Waals surface area contributed by atoms with E-state index in [1.165, 1.54) is 11.3 Å². The number of nitrogens with zero attached hydrogens (tertiary/aromatic N) is 2. The fourth-order valence-corrected chi connectivity index (χ4v) is 4.22. The van der Waals surface area contributed by atoms with Crippen molar-refractivity contribution in [1.29, 1.82) is 0 Å². The molecule has 1 aliphatic heterocycles. The van der Waals surface area contributed by atoms with Crippen LogP contribution in [0.1, 0.15) is 28.8 Å². The van der Waals surface area contributed by atoms with Crippen LogP contribution in [0.4, 0.5) is 5.13 Å². The maximum Gasteiger partial charge on any atom is 0.260 e. The van der Waals surface area contributed by atoms with Gasteiger partial charge in [0, 0.05) is 23.1 Å². The van der Waals surface area contributed by atoms with Crippen molar-refractivity contribution in [2.75, 3.05) is 25.2 Å². The van der Waals surface area contributed by atoms with Gasteiger partial charge in [0.15, 0.2) is 5.13 Å². The Morgan fingerprint density at radius 3 is 2.62 bits per heavy atom. The van der Waals surface area contributed by atoms with Crippen molar-refractivity contribution >= 4 is 22.4 Å². The quantitative estimate of drug-likeness (QED) is 0.579. The molecule has 0 radical (unpaired) electrons. The highest BCUT2D eigenvalue weighted by atomic mass is 32.1. The molecule has 4 rings (SSSR count). The standard InChI is InChI=1S/C23H24N2O3S/c1-16-5-7-18(8-6-16)22(26)25(14-20-4-3-13-28-20)23-24-21(15-29-23)17-9-11-19(27-2)12-10-17/h5-12,15,20H,3-4,13-14H2,1-2H3/t20-/m1/s1. The van der Waals surface area contributed by atoms with Crippen LogP contribution in [0, 0.1) is 6.92 Å². The Bertz CT molecular complexity index is 961. The fraction of sp³-hybridized carbons (Fsp3) is 0.304. The number of aromatic nitrogens is 1. The summed E-state index contributed by atoms with van der Waals surface area (Å²) < 4.78 is 11.0. The Hall–Kier alpha value is -2.70. The first-order valence-corrected chi connectivity index (χ1v) is 10.6. The molecule has 1 aliphatic rings. The van der Waals surface area contributed by atoms with E-state index in [1.807, 2.05) is 60.8 Å². The van der Waals surface area contributed by atoms with Crippen LogP contribution in [0.15, 0.2) is 53.9 Å². The third-order valence-electron chi connectivity index (χ3n) is 5.06. The van der Waals surface area contributed by atoms with Gasteiger partial charge in [0.05, 0.1) is 25.5 Å². The summed E-state index contributed by atoms with van der Waals surface area (Å²) in [5, 5.41) is 2.68. The molecule has 1 amide bonds. The van der Waals surface area contributed by atoms with Gasteiger partial charge in [-0.1, -0.05) is 17.7 Å². The van der Waals surface area contributed by atoms with E-state index in [2.05, 4.69) is 0 Å². The molecule has 6 heteroatoms. The highest BCUT2D eigenvalue weighted by Gasteiger charge is 2.26. The number of carbonyl (C=O) groups is 1. The van der Waals surface area contributed by atoms with E-state index in [1.54, 1.807) is 12.0 Å². The predicted molar refractivity (Wildman–Crippen MR) is 116 cm³/mol. The third-order valence-corrected chi connectivity index (χ3v) is 5.93. The number of methoxy groups -OCH3 is 1. The van der Waals surface area contributed by atoms with Crippen molar-refractivity contribution in [2.24, 2.45) is 0 Å². The largest absolute Gasteiger partial charge is 0.497 e. The second kappa shape index (κ2) is 8.76. The molecule has 1 aromatic heterocycles. The van der Waals surface area contributed by atoms with Crippen LogP contribution < -0.4 is 9.64 Å². The van der Waals surface area contributed by atoms with Crippen LogP contribution in [0.5, 0.6) is 5.75 Å². The zero-order valence-electron chi connectivity index (χ0n) is 16.6. The SMILES string of the molecule is COc1ccc(-c2csc(N(C[C@H]3CCCO3)C(=O)c3ccc(C)cc3)n2)cc1. The topological polar surface area (TPSA) is 51.7 Å². The van der Waals surface area contributed by atoms with Gasteiger partial charge in [-0.2, -0.15) is 0 Å². The summed E-state index contributed by atoms with van der Waals surface area (Å²) >= 11 is 1.48. The summed E-state index contributed by atoms with van der Waals surface area (Å²) in [6.07, 6.45) is 2.05. The number of ether oxygens (including phenoxy) is 2. The van der Waals surface area contributed by atoms with Crippen molar-refractivity contribution in [1.82, 2.24) is 4.98 Å². The van der Waals surface area contributed by atoms with Gasteiger partial charge in [-0.25, -0.2) is 4.98 Å². The summed E-state index contributed by atoms with van der Waals surface area (Å²) in [7, 11) is 1.65. The number of hydrogen-bond acceptors (Lipinski definition) is 5. The first-order chi connectivity index (χ1) is 14.1. The first kappa shape index (κ1) is 19.6. The molecule has 0 aliphatic carbocycles. The monoisotopic (exact) mass is 408 g/mol. The molecule has 2 heterocycles. The lowest BCUT2D eigenvalue weighted by atomic mass is 10.1. The summed E-state index contributed by atoms with van der Waals surface area (Å²) in [4.78, 5) is 19.8. The number of rotatable bonds is 6. The molecule has 0 saturated carbocycles. The third kappa shape index (κ3) is 4.49. The molecule has 1 fully saturated rings. The van der Waals surface area contributed by atoms with E-state index in [9.17, 15) is 4.79 Å². The second-order valence-corrected chi connectivity index (χ2v) is 8.00. The van der Waals surface area contributed by atoms with E-state index in [0.717, 1.165) is 42.0 Å². The van der Waals surface area contributed by atoms with E-state index in [4.69, 9.17) is 14.5 Å².